The van der Waals surface area contributed by atoms with Gasteiger partial charge in [0, 0.05) is 26.2 Å². The molecule has 1 amide bonds. The maximum atomic E-state index is 12.4. The van der Waals surface area contributed by atoms with E-state index < -0.39 is 21.4 Å². The van der Waals surface area contributed by atoms with Crippen LogP contribution in [-0.2, 0) is 4.79 Å². The van der Waals surface area contributed by atoms with Crippen molar-refractivity contribution >= 4 is 29.1 Å². The molecule has 0 aromatic heterocycles. The molecule has 0 N–H and O–H groups in total. The van der Waals surface area contributed by atoms with Crippen LogP contribution in [0.15, 0.2) is 11.4 Å². The summed E-state index contributed by atoms with van der Waals surface area (Å²) in [6.45, 7) is 2.41. The number of hydrogen-bond donors (Lipinski definition) is 0. The van der Waals surface area contributed by atoms with Crippen LogP contribution in [0.3, 0.4) is 0 Å². The second kappa shape index (κ2) is 6.63. The molecule has 0 saturated carbocycles. The van der Waals surface area contributed by atoms with Gasteiger partial charge in [-0.2, -0.15) is 0 Å². The molecule has 0 aliphatic carbocycles. The van der Waals surface area contributed by atoms with Crippen LogP contribution in [0.25, 0.3) is 0 Å². The van der Waals surface area contributed by atoms with E-state index in [0.29, 0.717) is 26.2 Å². The number of likely N-dealkylation sites (tertiary alicyclic amines) is 2. The van der Waals surface area contributed by atoms with Gasteiger partial charge >= 0.3 is 11.6 Å². The molecule has 8 heteroatoms. The Morgan fingerprint density at radius 1 is 1.00 bits per heavy atom. The van der Waals surface area contributed by atoms with Gasteiger partial charge in [-0.3, -0.25) is 14.9 Å². The highest BCUT2D eigenvalue weighted by Gasteiger charge is 2.38. The molecule has 0 aromatic rings. The maximum absolute atomic E-state index is 12.4. The van der Waals surface area contributed by atoms with Crippen molar-refractivity contribution in [3.63, 3.8) is 0 Å². The van der Waals surface area contributed by atoms with E-state index in [1.807, 2.05) is 0 Å². The quantitative estimate of drug-likeness (QED) is 0.344. The van der Waals surface area contributed by atoms with Crippen LogP contribution in [0.5, 0.6) is 0 Å². The summed E-state index contributed by atoms with van der Waals surface area (Å²) in [6, 6.07) is 0. The van der Waals surface area contributed by atoms with Crippen LogP contribution in [0, 0.1) is 10.1 Å². The Kier molecular flexibility index (Phi) is 5.10. The number of allylic oxidation sites excluding steroid dienone is 1. The van der Waals surface area contributed by atoms with Gasteiger partial charge in [-0.1, -0.05) is 23.2 Å². The number of carbonyl (C=O) groups excluding carboxylic acids is 1. The summed E-state index contributed by atoms with van der Waals surface area (Å²) in [5, 5.41) is 11.4. The lowest BCUT2D eigenvalue weighted by Crippen LogP contribution is -2.36. The minimum Gasteiger partial charge on any atom is -0.367 e. The smallest absolute Gasteiger partial charge is 0.355 e. The van der Waals surface area contributed by atoms with Gasteiger partial charge in [0.2, 0.25) is 0 Å². The van der Waals surface area contributed by atoms with Gasteiger partial charge in [0.05, 0.1) is 4.92 Å². The Morgan fingerprint density at radius 3 is 1.85 bits per heavy atom. The van der Waals surface area contributed by atoms with Gasteiger partial charge in [-0.05, 0) is 25.7 Å². The molecule has 20 heavy (non-hydrogen) atoms. The average Bonchev–Trinajstić information content (AvgIpc) is 3.06. The summed E-state index contributed by atoms with van der Waals surface area (Å²) < 4.78 is 0. The monoisotopic (exact) mass is 321 g/mol. The van der Waals surface area contributed by atoms with Crippen molar-refractivity contribution in [1.29, 1.82) is 0 Å². The molecule has 0 radical (unpaired) electrons. The van der Waals surface area contributed by atoms with E-state index >= 15 is 0 Å². The van der Waals surface area contributed by atoms with E-state index in [4.69, 9.17) is 23.2 Å². The first-order valence-corrected chi connectivity index (χ1v) is 7.60. The van der Waals surface area contributed by atoms with E-state index in [0.717, 1.165) is 25.7 Å². The van der Waals surface area contributed by atoms with E-state index in [1.165, 1.54) is 4.90 Å². The highest BCUT2D eigenvalue weighted by atomic mass is 35.5. The topological polar surface area (TPSA) is 66.7 Å². The van der Waals surface area contributed by atoms with Gasteiger partial charge in [-0.25, -0.2) is 0 Å². The highest BCUT2D eigenvalue weighted by molar-refractivity contribution is 6.46. The van der Waals surface area contributed by atoms with Crippen LogP contribution in [0.2, 0.25) is 0 Å². The molecule has 0 bridgehead atoms. The van der Waals surface area contributed by atoms with Crippen LogP contribution in [0.4, 0.5) is 0 Å². The van der Waals surface area contributed by atoms with Crippen molar-refractivity contribution in [2.75, 3.05) is 26.2 Å². The van der Waals surface area contributed by atoms with Gasteiger partial charge in [-0.15, -0.1) is 0 Å². The Balaban J connectivity index is 2.37. The molecule has 6 nitrogen and oxygen atoms in total. The van der Waals surface area contributed by atoms with Crippen LogP contribution >= 0.6 is 23.2 Å². The van der Waals surface area contributed by atoms with Crippen LogP contribution in [0.1, 0.15) is 25.7 Å². The van der Waals surface area contributed by atoms with Crippen molar-refractivity contribution < 1.29 is 9.72 Å². The molecule has 112 valence electrons. The molecule has 0 atom stereocenters. The number of nitro groups is 1. The van der Waals surface area contributed by atoms with Crippen molar-refractivity contribution in [3.05, 3.63) is 21.5 Å². The molecule has 0 unspecified atom stereocenters. The van der Waals surface area contributed by atoms with Crippen LogP contribution in [-0.4, -0.2) is 51.6 Å². The number of amides is 1. The number of nitrogens with zero attached hydrogens (tertiary/aromatic N) is 3. The Hall–Kier alpha value is -1.01. The third kappa shape index (κ3) is 3.17. The number of rotatable bonds is 4. The number of alkyl halides is 2. The standard InChI is InChI=1S/C12H17Cl2N3O3/c13-11(14)9(15-5-1-2-6-15)10(17(19)20)12(18)16-7-3-4-8-16/h11H,1-8H2/b10-9-. The third-order valence-corrected chi connectivity index (χ3v) is 4.09. The normalized spacial score (nSPS) is 20.6. The van der Waals surface area contributed by atoms with Crippen LogP contribution < -0.4 is 0 Å². The van der Waals surface area contributed by atoms with Crippen molar-refractivity contribution in [2.24, 2.45) is 0 Å². The summed E-state index contributed by atoms with van der Waals surface area (Å²) in [5.41, 5.74) is -0.323. The lowest BCUT2D eigenvalue weighted by Gasteiger charge is -2.23. The summed E-state index contributed by atoms with van der Waals surface area (Å²) in [6.07, 6.45) is 3.60. The summed E-state index contributed by atoms with van der Waals surface area (Å²) in [4.78, 5) is 25.3. The SMILES string of the molecule is O=C(/C(=C(\C(Cl)Cl)N1CCCC1)[N+](=O)[O-])N1CCCC1. The summed E-state index contributed by atoms with van der Waals surface area (Å²) >= 11 is 11.8. The minimum absolute atomic E-state index is 0.146. The zero-order chi connectivity index (χ0) is 14.7. The fraction of sp³-hybridized carbons (Fsp3) is 0.750. The number of halogens is 2. The molecule has 2 heterocycles. The molecule has 2 fully saturated rings. The Labute approximate surface area is 127 Å². The van der Waals surface area contributed by atoms with E-state index in [2.05, 4.69) is 0 Å². The lowest BCUT2D eigenvalue weighted by atomic mass is 10.2. The second-order valence-electron chi connectivity index (χ2n) is 4.99. The van der Waals surface area contributed by atoms with E-state index in [1.54, 1.807) is 4.90 Å². The summed E-state index contributed by atoms with van der Waals surface area (Å²) in [5.74, 6) is -0.569. The second-order valence-corrected chi connectivity index (χ2v) is 6.08. The predicted octanol–water partition coefficient (Wildman–Crippen LogP) is 2.00. The first-order chi connectivity index (χ1) is 9.52. The third-order valence-electron chi connectivity index (χ3n) is 3.67. The molecule has 0 spiro atoms. The molecule has 2 aliphatic heterocycles. The largest absolute Gasteiger partial charge is 0.367 e. The van der Waals surface area contributed by atoms with Gasteiger partial charge in [0.15, 0.2) is 4.84 Å². The zero-order valence-electron chi connectivity index (χ0n) is 11.1. The van der Waals surface area contributed by atoms with E-state index in [9.17, 15) is 14.9 Å². The van der Waals surface area contributed by atoms with E-state index in [-0.39, 0.29) is 5.70 Å². The molecule has 0 aromatic carbocycles. The molecular formula is C12H17Cl2N3O3. The molecule has 2 rings (SSSR count). The van der Waals surface area contributed by atoms with Gasteiger partial charge < -0.3 is 9.80 Å². The zero-order valence-corrected chi connectivity index (χ0v) is 12.6. The lowest BCUT2D eigenvalue weighted by molar-refractivity contribution is -0.422. The molecule has 2 aliphatic rings. The Bertz CT molecular complexity index is 428. The molecule has 2 saturated heterocycles. The first-order valence-electron chi connectivity index (χ1n) is 6.73. The van der Waals surface area contributed by atoms with Crippen molar-refractivity contribution in [1.82, 2.24) is 9.80 Å². The summed E-state index contributed by atoms with van der Waals surface area (Å²) in [7, 11) is 0. The Morgan fingerprint density at radius 2 is 1.45 bits per heavy atom. The van der Waals surface area contributed by atoms with Gasteiger partial charge in [0.25, 0.3) is 0 Å². The number of hydrogen-bond acceptors (Lipinski definition) is 4. The fourth-order valence-corrected chi connectivity index (χ4v) is 3.18. The average molecular weight is 322 g/mol. The minimum atomic E-state index is -1.07. The maximum Gasteiger partial charge on any atom is 0.355 e. The number of carbonyl (C=O) groups is 1. The predicted molar refractivity (Wildman–Crippen MR) is 76.1 cm³/mol. The first kappa shape index (κ1) is 15.4. The van der Waals surface area contributed by atoms with Crippen molar-refractivity contribution in [3.8, 4) is 0 Å². The highest BCUT2D eigenvalue weighted by Crippen LogP contribution is 2.28. The van der Waals surface area contributed by atoms with Gasteiger partial charge in [0.1, 0.15) is 5.70 Å². The van der Waals surface area contributed by atoms with Crippen molar-refractivity contribution in [2.45, 2.75) is 30.5 Å². The molecular weight excluding hydrogens is 305 g/mol. The fourth-order valence-electron chi connectivity index (χ4n) is 2.70.